The zero-order chi connectivity index (χ0) is 20.6. The van der Waals surface area contributed by atoms with E-state index in [0.717, 1.165) is 35.8 Å². The normalized spacial score (nSPS) is 20.0. The number of hydrogen-bond donors (Lipinski definition) is 1. The summed E-state index contributed by atoms with van der Waals surface area (Å²) in [7, 11) is -3.06. The quantitative estimate of drug-likeness (QED) is 0.769. The van der Waals surface area contributed by atoms with Crippen LogP contribution in [-0.4, -0.2) is 55.8 Å². The molecule has 0 spiro atoms. The fourth-order valence-electron chi connectivity index (χ4n) is 4.29. The summed E-state index contributed by atoms with van der Waals surface area (Å²) in [5, 5.41) is 3.71. The van der Waals surface area contributed by atoms with Gasteiger partial charge in [-0.3, -0.25) is 9.59 Å². The highest BCUT2D eigenvalue weighted by Crippen LogP contribution is 2.30. The molecular weight excluding hydrogens is 392 g/mol. The van der Waals surface area contributed by atoms with E-state index in [1.807, 2.05) is 6.92 Å². The first-order valence-corrected chi connectivity index (χ1v) is 12.0. The highest BCUT2D eigenvalue weighted by Gasteiger charge is 2.29. The molecule has 2 amide bonds. The fraction of sp³-hybridized carbons (Fsp3) is 0.524. The van der Waals surface area contributed by atoms with E-state index >= 15 is 0 Å². The van der Waals surface area contributed by atoms with Crippen LogP contribution < -0.4 is 5.32 Å². The summed E-state index contributed by atoms with van der Waals surface area (Å²) in [4.78, 5) is 26.6. The Hall–Kier alpha value is -2.35. The number of nitrogens with zero attached hydrogens (tertiary/aromatic N) is 1. The fourth-order valence-corrected chi connectivity index (χ4v) is 5.96. The van der Waals surface area contributed by atoms with E-state index < -0.39 is 9.84 Å². The molecule has 0 bridgehead atoms. The molecule has 8 heteroatoms. The Labute approximate surface area is 170 Å². The van der Waals surface area contributed by atoms with Gasteiger partial charge in [-0.15, -0.1) is 0 Å². The Morgan fingerprint density at radius 1 is 1.24 bits per heavy atom. The van der Waals surface area contributed by atoms with Gasteiger partial charge in [-0.25, -0.2) is 8.42 Å². The molecule has 7 nitrogen and oxygen atoms in total. The van der Waals surface area contributed by atoms with Crippen molar-refractivity contribution >= 4 is 32.6 Å². The van der Waals surface area contributed by atoms with Gasteiger partial charge >= 0.3 is 0 Å². The van der Waals surface area contributed by atoms with Crippen LogP contribution in [0.3, 0.4) is 0 Å². The zero-order valence-electron chi connectivity index (χ0n) is 16.6. The van der Waals surface area contributed by atoms with Gasteiger partial charge in [0.05, 0.1) is 30.7 Å². The van der Waals surface area contributed by atoms with Crippen LogP contribution in [0.2, 0.25) is 0 Å². The SMILES string of the molecule is CCN(CC(=O)NC1CCS(=O)(=O)C1)C(=O)Cc1coc2cc3c(cc12)CCC3. The predicted octanol–water partition coefficient (Wildman–Crippen LogP) is 1.62. The maximum Gasteiger partial charge on any atom is 0.239 e. The second-order valence-electron chi connectivity index (χ2n) is 7.98. The lowest BCUT2D eigenvalue weighted by molar-refractivity contribution is -0.135. The van der Waals surface area contributed by atoms with E-state index in [4.69, 9.17) is 4.42 Å². The topological polar surface area (TPSA) is 96.7 Å². The molecule has 2 aromatic rings. The molecule has 1 aromatic carbocycles. The largest absolute Gasteiger partial charge is 0.464 e. The van der Waals surface area contributed by atoms with E-state index in [-0.39, 0.29) is 42.3 Å². The van der Waals surface area contributed by atoms with E-state index in [9.17, 15) is 18.0 Å². The van der Waals surface area contributed by atoms with Crippen molar-refractivity contribution in [2.45, 2.75) is 45.1 Å². The van der Waals surface area contributed by atoms with Crippen LogP contribution in [0.25, 0.3) is 11.0 Å². The minimum Gasteiger partial charge on any atom is -0.464 e. The summed E-state index contributed by atoms with van der Waals surface area (Å²) in [5.74, 6) is -0.391. The first kappa shape index (κ1) is 19.9. The molecule has 29 heavy (non-hydrogen) atoms. The number of likely N-dealkylation sites (N-methyl/N-ethyl adjacent to an activating group) is 1. The molecule has 1 fully saturated rings. The molecule has 156 valence electrons. The lowest BCUT2D eigenvalue weighted by atomic mass is 10.0. The van der Waals surface area contributed by atoms with Crippen LogP contribution in [0.5, 0.6) is 0 Å². The molecule has 4 rings (SSSR count). The maximum atomic E-state index is 12.8. The summed E-state index contributed by atoms with van der Waals surface area (Å²) in [6.45, 7) is 2.16. The Balaban J connectivity index is 1.40. The van der Waals surface area contributed by atoms with Crippen molar-refractivity contribution in [2.24, 2.45) is 0 Å². The van der Waals surface area contributed by atoms with Gasteiger partial charge in [-0.05, 0) is 55.9 Å². The first-order chi connectivity index (χ1) is 13.8. The van der Waals surface area contributed by atoms with E-state index in [1.165, 1.54) is 16.0 Å². The average molecular weight is 419 g/mol. The number of benzene rings is 1. The molecule has 2 heterocycles. The Kier molecular flexibility index (Phi) is 5.38. The molecule has 1 atom stereocenters. The second-order valence-corrected chi connectivity index (χ2v) is 10.2. The molecule has 0 saturated carbocycles. The summed E-state index contributed by atoms with van der Waals surface area (Å²) in [6, 6.07) is 3.85. The number of hydrogen-bond acceptors (Lipinski definition) is 5. The van der Waals surface area contributed by atoms with Crippen LogP contribution in [0, 0.1) is 0 Å². The highest BCUT2D eigenvalue weighted by atomic mass is 32.2. The third-order valence-electron chi connectivity index (χ3n) is 5.88. The smallest absolute Gasteiger partial charge is 0.239 e. The van der Waals surface area contributed by atoms with Gasteiger partial charge in [0.2, 0.25) is 11.8 Å². The number of sulfone groups is 1. The summed E-state index contributed by atoms with van der Waals surface area (Å²) in [6.07, 6.45) is 5.51. The number of carbonyl (C=O) groups is 2. The van der Waals surface area contributed by atoms with Crippen LogP contribution in [-0.2, 0) is 38.7 Å². The molecule has 2 aliphatic rings. The van der Waals surface area contributed by atoms with Gasteiger partial charge in [-0.2, -0.15) is 0 Å². The Morgan fingerprint density at radius 3 is 2.69 bits per heavy atom. The van der Waals surface area contributed by atoms with Gasteiger partial charge < -0.3 is 14.6 Å². The van der Waals surface area contributed by atoms with Crippen molar-refractivity contribution in [1.82, 2.24) is 10.2 Å². The molecule has 1 aliphatic heterocycles. The van der Waals surface area contributed by atoms with E-state index in [1.54, 1.807) is 6.26 Å². The number of fused-ring (bicyclic) bond motifs is 2. The third kappa shape index (κ3) is 4.32. The van der Waals surface area contributed by atoms with Gasteiger partial charge in [-0.1, -0.05) is 0 Å². The van der Waals surface area contributed by atoms with Crippen molar-refractivity contribution in [3.63, 3.8) is 0 Å². The highest BCUT2D eigenvalue weighted by molar-refractivity contribution is 7.91. The molecule has 1 unspecified atom stereocenters. The summed E-state index contributed by atoms with van der Waals surface area (Å²) >= 11 is 0. The molecule has 1 N–H and O–H groups in total. The molecule has 1 saturated heterocycles. The van der Waals surface area contributed by atoms with Crippen molar-refractivity contribution in [1.29, 1.82) is 0 Å². The third-order valence-corrected chi connectivity index (χ3v) is 7.64. The number of furan rings is 1. The second kappa shape index (κ2) is 7.82. The lowest BCUT2D eigenvalue weighted by Gasteiger charge is -2.21. The number of nitrogens with one attached hydrogen (secondary N) is 1. The van der Waals surface area contributed by atoms with Crippen molar-refractivity contribution in [2.75, 3.05) is 24.6 Å². The van der Waals surface area contributed by atoms with Crippen LogP contribution in [0.1, 0.15) is 36.5 Å². The Morgan fingerprint density at radius 2 is 2.00 bits per heavy atom. The number of carbonyl (C=O) groups excluding carboxylic acids is 2. The monoisotopic (exact) mass is 418 g/mol. The van der Waals surface area contributed by atoms with Crippen LogP contribution in [0.15, 0.2) is 22.8 Å². The maximum absolute atomic E-state index is 12.8. The molecule has 1 aliphatic carbocycles. The summed E-state index contributed by atoms with van der Waals surface area (Å²) < 4.78 is 28.8. The van der Waals surface area contributed by atoms with Crippen molar-refractivity contribution in [3.05, 3.63) is 35.1 Å². The molecular formula is C21H26N2O5S. The zero-order valence-corrected chi connectivity index (χ0v) is 17.4. The number of aryl methyl sites for hydroxylation is 2. The van der Waals surface area contributed by atoms with Gasteiger partial charge in [0.25, 0.3) is 0 Å². The summed E-state index contributed by atoms with van der Waals surface area (Å²) in [5.41, 5.74) is 4.29. The van der Waals surface area contributed by atoms with Crippen molar-refractivity contribution in [3.8, 4) is 0 Å². The van der Waals surface area contributed by atoms with Gasteiger partial charge in [0.15, 0.2) is 9.84 Å². The van der Waals surface area contributed by atoms with Gasteiger partial charge in [0.1, 0.15) is 5.58 Å². The average Bonchev–Trinajstić information content (AvgIpc) is 3.36. The predicted molar refractivity (Wildman–Crippen MR) is 109 cm³/mol. The van der Waals surface area contributed by atoms with E-state index in [2.05, 4.69) is 17.4 Å². The minimum atomic E-state index is -3.06. The number of amides is 2. The van der Waals surface area contributed by atoms with Crippen LogP contribution >= 0.6 is 0 Å². The lowest BCUT2D eigenvalue weighted by Crippen LogP contribution is -2.45. The first-order valence-electron chi connectivity index (χ1n) is 10.1. The Bertz CT molecular complexity index is 1060. The van der Waals surface area contributed by atoms with Crippen LogP contribution in [0.4, 0.5) is 0 Å². The number of rotatable bonds is 6. The van der Waals surface area contributed by atoms with Gasteiger partial charge in [0, 0.05) is 23.5 Å². The molecule has 0 radical (unpaired) electrons. The minimum absolute atomic E-state index is 0.0237. The standard InChI is InChI=1S/C21H26N2O5S/c1-2-23(11-20(24)22-17-6-7-29(26,27)13-17)21(25)10-16-12-28-19-9-15-5-3-4-14(15)8-18(16)19/h8-9,12,17H,2-7,10-11,13H2,1H3,(H,22,24). The van der Waals surface area contributed by atoms with E-state index in [0.29, 0.717) is 13.0 Å². The van der Waals surface area contributed by atoms with Crippen molar-refractivity contribution < 1.29 is 22.4 Å². The molecule has 1 aromatic heterocycles.